The minimum absolute atomic E-state index is 0.0193. The van der Waals surface area contributed by atoms with Gasteiger partial charge in [0.05, 0.1) is 23.3 Å². The standard InChI is InChI=1S/C15H17ClN4O2/c1-22-10-2-3-13-11(8-10)14(12(16)9-19-13)17-4-6-20-7-5-18-15(20)21/h2-3,8-9H,4-7H2,1H3,(H,17,19)(H,18,21). The number of fused-ring (bicyclic) bond motifs is 1. The molecule has 3 rings (SSSR count). The van der Waals surface area contributed by atoms with Gasteiger partial charge in [0, 0.05) is 37.8 Å². The molecule has 1 aromatic heterocycles. The second-order valence-corrected chi connectivity index (χ2v) is 5.42. The van der Waals surface area contributed by atoms with Gasteiger partial charge in [0.15, 0.2) is 0 Å². The zero-order chi connectivity index (χ0) is 15.5. The molecule has 1 aliphatic heterocycles. The third-order valence-corrected chi connectivity index (χ3v) is 3.94. The second-order valence-electron chi connectivity index (χ2n) is 5.01. The highest BCUT2D eigenvalue weighted by molar-refractivity contribution is 6.34. The Bertz CT molecular complexity index is 707. The molecule has 0 atom stereocenters. The van der Waals surface area contributed by atoms with Crippen LogP contribution in [0.25, 0.3) is 10.9 Å². The fourth-order valence-electron chi connectivity index (χ4n) is 2.49. The highest BCUT2D eigenvalue weighted by atomic mass is 35.5. The number of anilines is 1. The van der Waals surface area contributed by atoms with Crippen LogP contribution in [0.5, 0.6) is 5.75 Å². The molecule has 1 aliphatic rings. The lowest BCUT2D eigenvalue weighted by atomic mass is 10.1. The van der Waals surface area contributed by atoms with Crippen LogP contribution in [0.3, 0.4) is 0 Å². The van der Waals surface area contributed by atoms with Gasteiger partial charge in [-0.3, -0.25) is 4.98 Å². The van der Waals surface area contributed by atoms with E-state index in [0.717, 1.165) is 28.9 Å². The van der Waals surface area contributed by atoms with Crippen molar-refractivity contribution in [3.8, 4) is 5.75 Å². The Kier molecular flexibility index (Phi) is 4.20. The number of urea groups is 1. The van der Waals surface area contributed by atoms with E-state index in [1.54, 1.807) is 18.2 Å². The number of hydrogen-bond donors (Lipinski definition) is 2. The number of methoxy groups -OCH3 is 1. The number of aromatic nitrogens is 1. The third-order valence-electron chi connectivity index (χ3n) is 3.66. The Balaban J connectivity index is 1.79. The molecule has 1 fully saturated rings. The van der Waals surface area contributed by atoms with Crippen molar-refractivity contribution in [3.63, 3.8) is 0 Å². The van der Waals surface area contributed by atoms with Crippen molar-refractivity contribution >= 4 is 34.2 Å². The molecule has 116 valence electrons. The maximum absolute atomic E-state index is 11.5. The molecule has 0 radical (unpaired) electrons. The van der Waals surface area contributed by atoms with E-state index in [-0.39, 0.29) is 6.03 Å². The molecule has 2 amide bonds. The van der Waals surface area contributed by atoms with Gasteiger partial charge in [-0.05, 0) is 18.2 Å². The smallest absolute Gasteiger partial charge is 0.317 e. The molecule has 0 unspecified atom stereocenters. The van der Waals surface area contributed by atoms with Gasteiger partial charge in [-0.15, -0.1) is 0 Å². The number of nitrogens with one attached hydrogen (secondary N) is 2. The number of amides is 2. The largest absolute Gasteiger partial charge is 0.497 e. The van der Waals surface area contributed by atoms with E-state index >= 15 is 0 Å². The van der Waals surface area contributed by atoms with Crippen molar-refractivity contribution in [2.24, 2.45) is 0 Å². The fourth-order valence-corrected chi connectivity index (χ4v) is 2.71. The number of nitrogens with zero attached hydrogens (tertiary/aromatic N) is 2. The molecule has 22 heavy (non-hydrogen) atoms. The summed E-state index contributed by atoms with van der Waals surface area (Å²) in [6.07, 6.45) is 1.63. The Labute approximate surface area is 133 Å². The molecular weight excluding hydrogens is 304 g/mol. The van der Waals surface area contributed by atoms with Crippen molar-refractivity contribution in [1.82, 2.24) is 15.2 Å². The lowest BCUT2D eigenvalue weighted by Crippen LogP contribution is -2.32. The van der Waals surface area contributed by atoms with Gasteiger partial charge >= 0.3 is 6.03 Å². The molecule has 0 spiro atoms. The van der Waals surface area contributed by atoms with Crippen molar-refractivity contribution in [2.75, 3.05) is 38.6 Å². The highest BCUT2D eigenvalue weighted by Crippen LogP contribution is 2.31. The number of benzene rings is 1. The number of hydrogen-bond acceptors (Lipinski definition) is 4. The lowest BCUT2D eigenvalue weighted by Gasteiger charge is -2.16. The van der Waals surface area contributed by atoms with Crippen LogP contribution in [0, 0.1) is 0 Å². The van der Waals surface area contributed by atoms with Gasteiger partial charge in [-0.25, -0.2) is 4.79 Å². The molecule has 1 aromatic carbocycles. The molecule has 1 saturated heterocycles. The van der Waals surface area contributed by atoms with E-state index in [1.165, 1.54) is 0 Å². The van der Waals surface area contributed by atoms with Crippen molar-refractivity contribution in [2.45, 2.75) is 0 Å². The van der Waals surface area contributed by atoms with E-state index in [2.05, 4.69) is 15.6 Å². The van der Waals surface area contributed by atoms with E-state index in [9.17, 15) is 4.79 Å². The molecule has 2 aromatic rings. The zero-order valence-corrected chi connectivity index (χ0v) is 13.0. The van der Waals surface area contributed by atoms with Gasteiger partial charge in [0.1, 0.15) is 5.75 Å². The Morgan fingerprint density at radius 3 is 3.09 bits per heavy atom. The lowest BCUT2D eigenvalue weighted by molar-refractivity contribution is 0.219. The van der Waals surface area contributed by atoms with E-state index < -0.39 is 0 Å². The first-order valence-electron chi connectivity index (χ1n) is 7.08. The molecule has 2 heterocycles. The quantitative estimate of drug-likeness (QED) is 0.887. The predicted octanol–water partition coefficient (Wildman–Crippen LogP) is 2.33. The van der Waals surface area contributed by atoms with Crippen LogP contribution in [-0.2, 0) is 0 Å². The number of pyridine rings is 1. The number of carbonyl (C=O) groups is 1. The van der Waals surface area contributed by atoms with E-state index in [4.69, 9.17) is 16.3 Å². The first-order chi connectivity index (χ1) is 10.7. The number of ether oxygens (including phenoxy) is 1. The minimum Gasteiger partial charge on any atom is -0.497 e. The van der Waals surface area contributed by atoms with Gasteiger partial charge in [-0.1, -0.05) is 11.6 Å². The van der Waals surface area contributed by atoms with Crippen LogP contribution < -0.4 is 15.4 Å². The number of rotatable bonds is 5. The average Bonchev–Trinajstić information content (AvgIpc) is 2.94. The first-order valence-corrected chi connectivity index (χ1v) is 7.46. The van der Waals surface area contributed by atoms with E-state index in [1.807, 2.05) is 18.2 Å². The summed E-state index contributed by atoms with van der Waals surface area (Å²) in [5.41, 5.74) is 1.65. The van der Waals surface area contributed by atoms with Crippen molar-refractivity contribution < 1.29 is 9.53 Å². The molecule has 0 aliphatic carbocycles. The molecule has 0 saturated carbocycles. The van der Waals surface area contributed by atoms with Crippen molar-refractivity contribution in [1.29, 1.82) is 0 Å². The third kappa shape index (κ3) is 2.87. The molecule has 0 bridgehead atoms. The topological polar surface area (TPSA) is 66.5 Å². The summed E-state index contributed by atoms with van der Waals surface area (Å²) in [4.78, 5) is 17.6. The van der Waals surface area contributed by atoms with Crippen LogP contribution in [-0.4, -0.2) is 49.2 Å². The summed E-state index contributed by atoms with van der Waals surface area (Å²) >= 11 is 6.26. The van der Waals surface area contributed by atoms with Gasteiger partial charge in [-0.2, -0.15) is 0 Å². The summed E-state index contributed by atoms with van der Waals surface area (Å²) in [6, 6.07) is 5.64. The summed E-state index contributed by atoms with van der Waals surface area (Å²) in [5.74, 6) is 0.749. The summed E-state index contributed by atoms with van der Waals surface area (Å²) < 4.78 is 5.26. The molecule has 6 nitrogen and oxygen atoms in total. The van der Waals surface area contributed by atoms with Gasteiger partial charge in [0.2, 0.25) is 0 Å². The predicted molar refractivity (Wildman–Crippen MR) is 86.8 cm³/mol. The van der Waals surface area contributed by atoms with E-state index in [0.29, 0.717) is 24.7 Å². The Hall–Kier alpha value is -2.21. The second kappa shape index (κ2) is 6.27. The summed E-state index contributed by atoms with van der Waals surface area (Å²) in [6.45, 7) is 2.67. The van der Waals surface area contributed by atoms with Crippen LogP contribution in [0.1, 0.15) is 0 Å². The number of carbonyl (C=O) groups excluding carboxylic acids is 1. The number of halogens is 1. The first kappa shape index (κ1) is 14.7. The van der Waals surface area contributed by atoms with Gasteiger partial charge in [0.25, 0.3) is 0 Å². The van der Waals surface area contributed by atoms with Crippen LogP contribution in [0.4, 0.5) is 10.5 Å². The van der Waals surface area contributed by atoms with Crippen LogP contribution >= 0.6 is 11.6 Å². The highest BCUT2D eigenvalue weighted by Gasteiger charge is 2.18. The minimum atomic E-state index is -0.0193. The fraction of sp³-hybridized carbons (Fsp3) is 0.333. The Morgan fingerprint density at radius 1 is 1.50 bits per heavy atom. The molecule has 2 N–H and O–H groups in total. The SMILES string of the molecule is COc1ccc2ncc(Cl)c(NCCN3CCNC3=O)c2c1. The maximum Gasteiger partial charge on any atom is 0.317 e. The Morgan fingerprint density at radius 2 is 2.36 bits per heavy atom. The zero-order valence-electron chi connectivity index (χ0n) is 12.2. The van der Waals surface area contributed by atoms with Gasteiger partial charge < -0.3 is 20.3 Å². The van der Waals surface area contributed by atoms with Crippen LogP contribution in [0.15, 0.2) is 24.4 Å². The maximum atomic E-state index is 11.5. The monoisotopic (exact) mass is 320 g/mol. The summed E-state index contributed by atoms with van der Waals surface area (Å²) in [5, 5.41) is 7.53. The summed E-state index contributed by atoms with van der Waals surface area (Å²) in [7, 11) is 1.62. The molecular formula is C15H17ClN4O2. The van der Waals surface area contributed by atoms with Crippen LogP contribution in [0.2, 0.25) is 5.02 Å². The average molecular weight is 321 g/mol. The van der Waals surface area contributed by atoms with Crippen molar-refractivity contribution in [3.05, 3.63) is 29.4 Å². The normalized spacial score (nSPS) is 14.3. The molecule has 7 heteroatoms.